The highest BCUT2D eigenvalue weighted by Gasteiger charge is 2.49. The Morgan fingerprint density at radius 2 is 2.10 bits per heavy atom. The van der Waals surface area contributed by atoms with E-state index in [9.17, 15) is 4.79 Å². The van der Waals surface area contributed by atoms with Crippen molar-refractivity contribution in [2.75, 3.05) is 23.8 Å². The number of carbonyl (C=O) groups is 1. The van der Waals surface area contributed by atoms with Gasteiger partial charge in [-0.2, -0.15) is 23.5 Å². The highest BCUT2D eigenvalue weighted by molar-refractivity contribution is 8.06. The molecule has 0 aromatic heterocycles. The maximum absolute atomic E-state index is 12.9. The molecule has 3 fully saturated rings. The molecule has 1 amide bonds. The van der Waals surface area contributed by atoms with Gasteiger partial charge in [0.05, 0.1) is 11.7 Å². The maximum Gasteiger partial charge on any atom is 0.243 e. The van der Waals surface area contributed by atoms with E-state index in [1.54, 1.807) is 0 Å². The number of amides is 1. The van der Waals surface area contributed by atoms with Crippen molar-refractivity contribution in [2.24, 2.45) is 5.92 Å². The average molecular weight is 329 g/mol. The van der Waals surface area contributed by atoms with Crippen LogP contribution in [-0.2, 0) is 4.79 Å². The molecule has 0 aromatic rings. The van der Waals surface area contributed by atoms with Crippen molar-refractivity contribution >= 4 is 29.4 Å². The summed E-state index contributed by atoms with van der Waals surface area (Å²) >= 11 is 4.11. The summed E-state index contributed by atoms with van der Waals surface area (Å²) < 4.78 is 0. The molecule has 1 N–H and O–H groups in total. The van der Waals surface area contributed by atoms with E-state index in [0.717, 1.165) is 13.0 Å². The Bertz CT molecular complexity index is 380. The fraction of sp³-hybridized carbons (Fsp3) is 0.938. The molecular formula is C16H28N2OS2. The summed E-state index contributed by atoms with van der Waals surface area (Å²) in [5.41, 5.74) is -0.334. The second-order valence-electron chi connectivity index (χ2n) is 6.84. The van der Waals surface area contributed by atoms with Crippen LogP contribution in [0.15, 0.2) is 0 Å². The van der Waals surface area contributed by atoms with Gasteiger partial charge in [0.25, 0.3) is 0 Å². The van der Waals surface area contributed by atoms with Gasteiger partial charge in [-0.3, -0.25) is 10.1 Å². The molecule has 21 heavy (non-hydrogen) atoms. The summed E-state index contributed by atoms with van der Waals surface area (Å²) in [6, 6.07) is 0. The van der Waals surface area contributed by atoms with Gasteiger partial charge in [0, 0.05) is 29.1 Å². The van der Waals surface area contributed by atoms with Crippen molar-refractivity contribution in [1.29, 1.82) is 0 Å². The molecule has 3 unspecified atom stereocenters. The van der Waals surface area contributed by atoms with Crippen LogP contribution in [-0.4, -0.2) is 51.6 Å². The lowest BCUT2D eigenvalue weighted by Crippen LogP contribution is -2.46. The second kappa shape index (κ2) is 6.71. The van der Waals surface area contributed by atoms with Gasteiger partial charge in [-0.1, -0.05) is 19.8 Å². The van der Waals surface area contributed by atoms with E-state index in [-0.39, 0.29) is 11.7 Å². The number of hydrogen-bond acceptors (Lipinski definition) is 4. The largest absolute Gasteiger partial charge is 0.324 e. The minimum atomic E-state index is -0.334. The summed E-state index contributed by atoms with van der Waals surface area (Å²) in [5, 5.41) is 4.33. The molecule has 3 nitrogen and oxygen atoms in total. The van der Waals surface area contributed by atoms with E-state index in [1.807, 2.05) is 11.8 Å². The standard InChI is InChI=1S/C16H28N2OS2/c1-3-16(2)15(19)18(10-13-11-20-8-9-21-13)14(17-16)12-6-4-5-7-12/h12-14,17H,3-11H2,1-2H3. The van der Waals surface area contributed by atoms with Crippen LogP contribution in [0.5, 0.6) is 0 Å². The molecule has 2 heterocycles. The van der Waals surface area contributed by atoms with E-state index in [1.165, 1.54) is 42.9 Å². The Balaban J connectivity index is 1.73. The van der Waals surface area contributed by atoms with Crippen molar-refractivity contribution in [3.05, 3.63) is 0 Å². The molecule has 5 heteroatoms. The van der Waals surface area contributed by atoms with Gasteiger partial charge >= 0.3 is 0 Å². The summed E-state index contributed by atoms with van der Waals surface area (Å²) in [7, 11) is 0. The zero-order valence-electron chi connectivity index (χ0n) is 13.3. The lowest BCUT2D eigenvalue weighted by atomic mass is 9.99. The van der Waals surface area contributed by atoms with Gasteiger partial charge in [0.1, 0.15) is 0 Å². The van der Waals surface area contributed by atoms with E-state index in [2.05, 4.69) is 35.8 Å². The van der Waals surface area contributed by atoms with Crippen LogP contribution >= 0.6 is 23.5 Å². The topological polar surface area (TPSA) is 32.3 Å². The van der Waals surface area contributed by atoms with Crippen LogP contribution in [0, 0.1) is 5.92 Å². The molecule has 3 atom stereocenters. The fourth-order valence-electron chi connectivity index (χ4n) is 3.87. The predicted molar refractivity (Wildman–Crippen MR) is 92.9 cm³/mol. The summed E-state index contributed by atoms with van der Waals surface area (Å²) in [4.78, 5) is 15.2. The SMILES string of the molecule is CCC1(C)NC(C2CCCC2)N(CC2CSCCS2)C1=O. The van der Waals surface area contributed by atoms with E-state index in [4.69, 9.17) is 0 Å². The molecule has 0 aromatic carbocycles. The Kier molecular flexibility index (Phi) is 5.12. The Morgan fingerprint density at radius 1 is 1.33 bits per heavy atom. The Labute approximate surface area is 137 Å². The summed E-state index contributed by atoms with van der Waals surface area (Å²) in [6.07, 6.45) is 6.42. The van der Waals surface area contributed by atoms with Crippen molar-refractivity contribution in [2.45, 2.75) is 62.9 Å². The first kappa shape index (κ1) is 16.0. The predicted octanol–water partition coefficient (Wildman–Crippen LogP) is 2.95. The first-order chi connectivity index (χ1) is 10.1. The van der Waals surface area contributed by atoms with Crippen molar-refractivity contribution in [1.82, 2.24) is 10.2 Å². The molecule has 2 saturated heterocycles. The van der Waals surface area contributed by atoms with Crippen LogP contribution in [0.4, 0.5) is 0 Å². The number of nitrogens with one attached hydrogen (secondary N) is 1. The van der Waals surface area contributed by atoms with Crippen molar-refractivity contribution < 1.29 is 4.79 Å². The van der Waals surface area contributed by atoms with Gasteiger partial charge in [-0.05, 0) is 32.1 Å². The lowest BCUT2D eigenvalue weighted by Gasteiger charge is -2.33. The average Bonchev–Trinajstić information content (AvgIpc) is 3.11. The number of thioether (sulfide) groups is 2. The lowest BCUT2D eigenvalue weighted by molar-refractivity contribution is -0.133. The minimum Gasteiger partial charge on any atom is -0.324 e. The molecule has 3 rings (SSSR count). The summed E-state index contributed by atoms with van der Waals surface area (Å²) in [6.45, 7) is 5.17. The number of rotatable bonds is 4. The molecule has 0 bridgehead atoms. The second-order valence-corrected chi connectivity index (χ2v) is 9.40. The number of carbonyl (C=O) groups excluding carboxylic acids is 1. The monoisotopic (exact) mass is 328 g/mol. The van der Waals surface area contributed by atoms with E-state index in [0.29, 0.717) is 17.1 Å². The quantitative estimate of drug-likeness (QED) is 0.860. The highest BCUT2D eigenvalue weighted by Crippen LogP contribution is 2.36. The molecule has 2 aliphatic heterocycles. The third-order valence-corrected chi connectivity index (χ3v) is 8.20. The van der Waals surface area contributed by atoms with Crippen LogP contribution in [0.3, 0.4) is 0 Å². The molecule has 3 aliphatic rings. The van der Waals surface area contributed by atoms with E-state index >= 15 is 0 Å². The molecule has 1 saturated carbocycles. The molecular weight excluding hydrogens is 300 g/mol. The van der Waals surface area contributed by atoms with Crippen molar-refractivity contribution in [3.8, 4) is 0 Å². The number of hydrogen-bond donors (Lipinski definition) is 1. The first-order valence-electron chi connectivity index (χ1n) is 8.42. The molecule has 0 radical (unpaired) electrons. The zero-order chi connectivity index (χ0) is 14.9. The van der Waals surface area contributed by atoms with Gasteiger partial charge in [-0.15, -0.1) is 0 Å². The fourth-order valence-corrected chi connectivity index (χ4v) is 6.53. The van der Waals surface area contributed by atoms with Crippen LogP contribution in [0.1, 0.15) is 46.0 Å². The van der Waals surface area contributed by atoms with Gasteiger partial charge in [-0.25, -0.2) is 0 Å². The normalized spacial score (nSPS) is 38.4. The summed E-state index contributed by atoms with van der Waals surface area (Å²) in [5.74, 6) is 4.73. The van der Waals surface area contributed by atoms with Gasteiger partial charge < -0.3 is 4.90 Å². The maximum atomic E-state index is 12.9. The Hall–Kier alpha value is 0.130. The third kappa shape index (κ3) is 3.25. The smallest absolute Gasteiger partial charge is 0.243 e. The van der Waals surface area contributed by atoms with Gasteiger partial charge in [0.2, 0.25) is 5.91 Å². The van der Waals surface area contributed by atoms with Gasteiger partial charge in [0.15, 0.2) is 0 Å². The van der Waals surface area contributed by atoms with E-state index < -0.39 is 0 Å². The molecule has 120 valence electrons. The van der Waals surface area contributed by atoms with Crippen LogP contribution < -0.4 is 5.32 Å². The Morgan fingerprint density at radius 3 is 2.71 bits per heavy atom. The third-order valence-electron chi connectivity index (χ3n) is 5.37. The van der Waals surface area contributed by atoms with Crippen LogP contribution in [0.25, 0.3) is 0 Å². The van der Waals surface area contributed by atoms with Crippen molar-refractivity contribution in [3.63, 3.8) is 0 Å². The number of nitrogens with zero attached hydrogens (tertiary/aromatic N) is 1. The van der Waals surface area contributed by atoms with Crippen LogP contribution in [0.2, 0.25) is 0 Å². The zero-order valence-corrected chi connectivity index (χ0v) is 14.9. The molecule has 0 spiro atoms. The highest BCUT2D eigenvalue weighted by atomic mass is 32.2. The molecule has 1 aliphatic carbocycles. The minimum absolute atomic E-state index is 0.289. The first-order valence-corrected chi connectivity index (χ1v) is 10.6.